The molecule has 1 amide bonds. The summed E-state index contributed by atoms with van der Waals surface area (Å²) in [6.07, 6.45) is 10.3. The van der Waals surface area contributed by atoms with Gasteiger partial charge in [-0.25, -0.2) is 4.79 Å². The summed E-state index contributed by atoms with van der Waals surface area (Å²) in [4.78, 5) is 21.2. The lowest BCUT2D eigenvalue weighted by Gasteiger charge is -2.02. The Morgan fingerprint density at radius 1 is 1.00 bits per heavy atom. The van der Waals surface area contributed by atoms with Crippen LogP contribution in [-0.2, 0) is 9.59 Å². The molecular weight excluding hydrogens is 218 g/mol. The Labute approximate surface area is 103 Å². The van der Waals surface area contributed by atoms with Crippen molar-refractivity contribution in [3.8, 4) is 0 Å². The molecule has 0 aliphatic heterocycles. The van der Waals surface area contributed by atoms with Crippen LogP contribution in [0.4, 0.5) is 0 Å². The lowest BCUT2D eigenvalue weighted by molar-refractivity contribution is -0.131. The zero-order valence-electron chi connectivity index (χ0n) is 10.6. The van der Waals surface area contributed by atoms with Crippen molar-refractivity contribution >= 4 is 11.9 Å². The van der Waals surface area contributed by atoms with E-state index in [0.717, 1.165) is 25.0 Å². The Bertz CT molecular complexity index is 249. The maximum atomic E-state index is 11.1. The zero-order chi connectivity index (χ0) is 12.9. The molecule has 0 aromatic rings. The van der Waals surface area contributed by atoms with Gasteiger partial charge in [0.25, 0.3) is 0 Å². The number of rotatable bonds is 10. The average Bonchev–Trinajstić information content (AvgIpc) is 2.30. The Balaban J connectivity index is 3.28. The first-order chi connectivity index (χ1) is 8.16. The SMILES string of the molecule is CCCCCCCCCNC(=O)/C=C/C(=O)O. The normalized spacial score (nSPS) is 10.6. The van der Waals surface area contributed by atoms with Gasteiger partial charge >= 0.3 is 5.97 Å². The largest absolute Gasteiger partial charge is 0.478 e. The van der Waals surface area contributed by atoms with Gasteiger partial charge in [-0.3, -0.25) is 4.79 Å². The molecule has 2 N–H and O–H groups in total. The Morgan fingerprint density at radius 3 is 2.18 bits per heavy atom. The molecule has 4 heteroatoms. The van der Waals surface area contributed by atoms with E-state index in [9.17, 15) is 9.59 Å². The molecule has 0 aliphatic carbocycles. The molecular formula is C13H23NO3. The maximum Gasteiger partial charge on any atom is 0.328 e. The highest BCUT2D eigenvalue weighted by molar-refractivity contribution is 5.93. The van der Waals surface area contributed by atoms with Crippen molar-refractivity contribution < 1.29 is 14.7 Å². The highest BCUT2D eigenvalue weighted by atomic mass is 16.4. The predicted molar refractivity (Wildman–Crippen MR) is 67.8 cm³/mol. The summed E-state index contributed by atoms with van der Waals surface area (Å²) >= 11 is 0. The number of hydrogen-bond donors (Lipinski definition) is 2. The van der Waals surface area contributed by atoms with Crippen LogP contribution >= 0.6 is 0 Å². The van der Waals surface area contributed by atoms with Gasteiger partial charge in [-0.05, 0) is 6.42 Å². The molecule has 0 aliphatic rings. The number of aliphatic carboxylic acids is 1. The third kappa shape index (κ3) is 12.6. The van der Waals surface area contributed by atoms with Gasteiger partial charge in [-0.15, -0.1) is 0 Å². The smallest absolute Gasteiger partial charge is 0.328 e. The molecule has 17 heavy (non-hydrogen) atoms. The van der Waals surface area contributed by atoms with Gasteiger partial charge < -0.3 is 10.4 Å². The van der Waals surface area contributed by atoms with Crippen molar-refractivity contribution in [2.75, 3.05) is 6.54 Å². The number of amides is 1. The first kappa shape index (κ1) is 15.7. The van der Waals surface area contributed by atoms with Crippen molar-refractivity contribution in [1.82, 2.24) is 5.32 Å². The first-order valence-corrected chi connectivity index (χ1v) is 6.35. The molecule has 0 heterocycles. The van der Waals surface area contributed by atoms with Gasteiger partial charge in [0.1, 0.15) is 0 Å². The average molecular weight is 241 g/mol. The molecule has 0 bridgehead atoms. The molecule has 4 nitrogen and oxygen atoms in total. The summed E-state index contributed by atoms with van der Waals surface area (Å²) in [5.74, 6) is -1.44. The van der Waals surface area contributed by atoms with E-state index in [1.165, 1.54) is 32.1 Å². The van der Waals surface area contributed by atoms with Crippen LogP contribution in [0, 0.1) is 0 Å². The minimum Gasteiger partial charge on any atom is -0.478 e. The van der Waals surface area contributed by atoms with E-state index < -0.39 is 5.97 Å². The van der Waals surface area contributed by atoms with Crippen LogP contribution in [0.1, 0.15) is 51.9 Å². The van der Waals surface area contributed by atoms with Crippen LogP contribution in [0.5, 0.6) is 0 Å². The fraction of sp³-hybridized carbons (Fsp3) is 0.692. The minimum absolute atomic E-state index is 0.335. The first-order valence-electron chi connectivity index (χ1n) is 6.35. The van der Waals surface area contributed by atoms with E-state index in [-0.39, 0.29) is 5.91 Å². The van der Waals surface area contributed by atoms with Crippen molar-refractivity contribution in [2.24, 2.45) is 0 Å². The molecule has 98 valence electrons. The Hall–Kier alpha value is -1.32. The van der Waals surface area contributed by atoms with E-state index in [0.29, 0.717) is 6.54 Å². The van der Waals surface area contributed by atoms with Gasteiger partial charge in [0.15, 0.2) is 0 Å². The number of hydrogen-bond acceptors (Lipinski definition) is 2. The molecule has 0 spiro atoms. The van der Waals surface area contributed by atoms with E-state index in [1.54, 1.807) is 0 Å². The Morgan fingerprint density at radius 2 is 1.59 bits per heavy atom. The summed E-state index contributed by atoms with van der Waals surface area (Å²) in [6.45, 7) is 2.82. The third-order valence-corrected chi connectivity index (χ3v) is 2.46. The Kier molecular flexibility index (Phi) is 10.3. The number of carboxylic acids is 1. The van der Waals surface area contributed by atoms with Crippen LogP contribution in [-0.4, -0.2) is 23.5 Å². The molecule has 0 aromatic carbocycles. The zero-order valence-corrected chi connectivity index (χ0v) is 10.6. The molecule has 0 aromatic heterocycles. The van der Waals surface area contributed by atoms with Gasteiger partial charge in [0.2, 0.25) is 5.91 Å². The standard InChI is InChI=1S/C13H23NO3/c1-2-3-4-5-6-7-8-11-14-12(15)9-10-13(16)17/h9-10H,2-8,11H2,1H3,(H,14,15)(H,16,17)/b10-9+. The summed E-state index contributed by atoms with van der Waals surface area (Å²) in [6, 6.07) is 0. The topological polar surface area (TPSA) is 66.4 Å². The monoisotopic (exact) mass is 241 g/mol. The molecule has 0 radical (unpaired) electrons. The van der Waals surface area contributed by atoms with Crippen molar-refractivity contribution in [1.29, 1.82) is 0 Å². The van der Waals surface area contributed by atoms with E-state index >= 15 is 0 Å². The third-order valence-electron chi connectivity index (χ3n) is 2.46. The summed E-state index contributed by atoms with van der Waals surface area (Å²) in [5, 5.41) is 11.0. The second-order valence-electron chi connectivity index (χ2n) is 4.08. The lowest BCUT2D eigenvalue weighted by Crippen LogP contribution is -2.22. The highest BCUT2D eigenvalue weighted by Crippen LogP contribution is 2.06. The van der Waals surface area contributed by atoms with Crippen LogP contribution in [0.2, 0.25) is 0 Å². The van der Waals surface area contributed by atoms with Crippen LogP contribution in [0.15, 0.2) is 12.2 Å². The molecule has 0 rings (SSSR count). The highest BCUT2D eigenvalue weighted by Gasteiger charge is 1.96. The van der Waals surface area contributed by atoms with Crippen molar-refractivity contribution in [2.45, 2.75) is 51.9 Å². The number of carboxylic acid groups (broad SMARTS) is 1. The fourth-order valence-corrected chi connectivity index (χ4v) is 1.50. The second-order valence-corrected chi connectivity index (χ2v) is 4.08. The molecule has 0 atom stereocenters. The van der Waals surface area contributed by atoms with Crippen molar-refractivity contribution in [3.63, 3.8) is 0 Å². The van der Waals surface area contributed by atoms with Crippen LogP contribution < -0.4 is 5.32 Å². The maximum absolute atomic E-state index is 11.1. The van der Waals surface area contributed by atoms with E-state index in [2.05, 4.69) is 12.2 Å². The van der Waals surface area contributed by atoms with Gasteiger partial charge in [0.05, 0.1) is 0 Å². The van der Waals surface area contributed by atoms with Gasteiger partial charge in [0, 0.05) is 18.7 Å². The van der Waals surface area contributed by atoms with Crippen molar-refractivity contribution in [3.05, 3.63) is 12.2 Å². The lowest BCUT2D eigenvalue weighted by atomic mass is 10.1. The number of carbonyl (C=O) groups is 2. The quantitative estimate of drug-likeness (QED) is 0.456. The molecule has 0 saturated heterocycles. The summed E-state index contributed by atoms with van der Waals surface area (Å²) < 4.78 is 0. The molecule has 0 fully saturated rings. The van der Waals surface area contributed by atoms with E-state index in [4.69, 9.17) is 5.11 Å². The predicted octanol–water partition coefficient (Wildman–Crippen LogP) is 2.49. The van der Waals surface area contributed by atoms with Crippen LogP contribution in [0.25, 0.3) is 0 Å². The molecule has 0 unspecified atom stereocenters. The fourth-order valence-electron chi connectivity index (χ4n) is 1.50. The molecule has 0 saturated carbocycles. The van der Waals surface area contributed by atoms with E-state index in [1.807, 2.05) is 0 Å². The number of nitrogens with one attached hydrogen (secondary N) is 1. The van der Waals surface area contributed by atoms with Gasteiger partial charge in [-0.1, -0.05) is 45.4 Å². The minimum atomic E-state index is -1.10. The number of carbonyl (C=O) groups excluding carboxylic acids is 1. The summed E-state index contributed by atoms with van der Waals surface area (Å²) in [7, 11) is 0. The summed E-state index contributed by atoms with van der Waals surface area (Å²) in [5.41, 5.74) is 0. The van der Waals surface area contributed by atoms with Gasteiger partial charge in [-0.2, -0.15) is 0 Å². The number of unbranched alkanes of at least 4 members (excludes halogenated alkanes) is 6. The second kappa shape index (κ2) is 11.2. The van der Waals surface area contributed by atoms with Crippen LogP contribution in [0.3, 0.4) is 0 Å².